The molecule has 0 radical (unpaired) electrons. The highest BCUT2D eigenvalue weighted by Crippen LogP contribution is 2.23. The van der Waals surface area contributed by atoms with Crippen LogP contribution in [0, 0.1) is 5.92 Å². The molecule has 0 aliphatic heterocycles. The van der Waals surface area contributed by atoms with Crippen molar-refractivity contribution in [2.75, 3.05) is 6.54 Å². The maximum atomic E-state index is 11.5. The van der Waals surface area contributed by atoms with Gasteiger partial charge in [0.1, 0.15) is 0 Å². The molecule has 88 valence electrons. The standard InChI is InChI=1S/C12H19N3O/c16-12(6-9-15-8-3-7-14-15)13-10-11-4-1-2-5-11/h3,7-8,11H,1-2,4-6,9-10H2,(H,13,16). The summed E-state index contributed by atoms with van der Waals surface area (Å²) in [6.45, 7) is 1.53. The van der Waals surface area contributed by atoms with Gasteiger partial charge in [-0.15, -0.1) is 0 Å². The fourth-order valence-electron chi connectivity index (χ4n) is 2.21. The largest absolute Gasteiger partial charge is 0.356 e. The van der Waals surface area contributed by atoms with Gasteiger partial charge >= 0.3 is 0 Å². The SMILES string of the molecule is O=C(CCn1cccn1)NCC1CCCC1. The summed E-state index contributed by atoms with van der Waals surface area (Å²) in [5.41, 5.74) is 0. The fraction of sp³-hybridized carbons (Fsp3) is 0.667. The highest BCUT2D eigenvalue weighted by Gasteiger charge is 2.15. The van der Waals surface area contributed by atoms with Gasteiger partial charge in [0, 0.05) is 31.9 Å². The quantitative estimate of drug-likeness (QED) is 0.820. The van der Waals surface area contributed by atoms with Gasteiger partial charge in [-0.3, -0.25) is 9.48 Å². The zero-order valence-corrected chi connectivity index (χ0v) is 9.56. The van der Waals surface area contributed by atoms with Crippen molar-refractivity contribution in [2.24, 2.45) is 5.92 Å². The van der Waals surface area contributed by atoms with Gasteiger partial charge in [-0.1, -0.05) is 12.8 Å². The lowest BCUT2D eigenvalue weighted by Gasteiger charge is -2.10. The van der Waals surface area contributed by atoms with Crippen molar-refractivity contribution in [3.8, 4) is 0 Å². The van der Waals surface area contributed by atoms with Crippen molar-refractivity contribution in [2.45, 2.75) is 38.6 Å². The summed E-state index contributed by atoms with van der Waals surface area (Å²) >= 11 is 0. The molecule has 0 saturated heterocycles. The van der Waals surface area contributed by atoms with Crippen LogP contribution < -0.4 is 5.32 Å². The van der Waals surface area contributed by atoms with Crippen LogP contribution in [-0.2, 0) is 11.3 Å². The highest BCUT2D eigenvalue weighted by molar-refractivity contribution is 5.75. The van der Waals surface area contributed by atoms with Gasteiger partial charge in [0.2, 0.25) is 5.91 Å². The Balaban J connectivity index is 1.60. The summed E-state index contributed by atoms with van der Waals surface area (Å²) in [6.07, 6.45) is 9.34. The molecule has 1 heterocycles. The lowest BCUT2D eigenvalue weighted by molar-refractivity contribution is -0.121. The normalized spacial score (nSPS) is 16.5. The Morgan fingerprint density at radius 1 is 1.44 bits per heavy atom. The summed E-state index contributed by atoms with van der Waals surface area (Å²) in [7, 11) is 0. The van der Waals surface area contributed by atoms with E-state index in [-0.39, 0.29) is 5.91 Å². The third kappa shape index (κ3) is 3.36. The molecule has 1 saturated carbocycles. The van der Waals surface area contributed by atoms with Gasteiger partial charge in [-0.25, -0.2) is 0 Å². The summed E-state index contributed by atoms with van der Waals surface area (Å²) < 4.78 is 1.79. The van der Waals surface area contributed by atoms with Crippen LogP contribution in [0.5, 0.6) is 0 Å². The number of nitrogens with zero attached hydrogens (tertiary/aromatic N) is 2. The number of amides is 1. The molecule has 0 unspecified atom stereocenters. The van der Waals surface area contributed by atoms with Gasteiger partial charge in [-0.2, -0.15) is 5.10 Å². The minimum Gasteiger partial charge on any atom is -0.356 e. The van der Waals surface area contributed by atoms with Crippen LogP contribution in [0.2, 0.25) is 0 Å². The molecule has 0 aromatic carbocycles. The van der Waals surface area contributed by atoms with E-state index in [1.165, 1.54) is 25.7 Å². The van der Waals surface area contributed by atoms with E-state index in [0.717, 1.165) is 6.54 Å². The molecule has 0 atom stereocenters. The topological polar surface area (TPSA) is 46.9 Å². The number of carbonyl (C=O) groups excluding carboxylic acids is 1. The van der Waals surface area contributed by atoms with E-state index in [1.54, 1.807) is 10.9 Å². The Morgan fingerprint density at radius 3 is 2.94 bits per heavy atom. The maximum absolute atomic E-state index is 11.5. The smallest absolute Gasteiger partial charge is 0.221 e. The molecule has 1 aromatic rings. The third-order valence-corrected chi connectivity index (χ3v) is 3.19. The molecule has 1 aliphatic rings. The van der Waals surface area contributed by atoms with Crippen molar-refractivity contribution in [1.82, 2.24) is 15.1 Å². The molecule has 0 bridgehead atoms. The number of nitrogens with one attached hydrogen (secondary N) is 1. The molecule has 2 rings (SSSR count). The van der Waals surface area contributed by atoms with Crippen LogP contribution in [0.4, 0.5) is 0 Å². The fourth-order valence-corrected chi connectivity index (χ4v) is 2.21. The van der Waals surface area contributed by atoms with E-state index in [2.05, 4.69) is 10.4 Å². The van der Waals surface area contributed by atoms with Crippen LogP contribution >= 0.6 is 0 Å². The second-order valence-electron chi connectivity index (χ2n) is 4.47. The molecular weight excluding hydrogens is 202 g/mol. The third-order valence-electron chi connectivity index (χ3n) is 3.19. The van der Waals surface area contributed by atoms with Gasteiger partial charge in [0.15, 0.2) is 0 Å². The molecule has 4 nitrogen and oxygen atoms in total. The molecule has 1 fully saturated rings. The second kappa shape index (κ2) is 5.68. The van der Waals surface area contributed by atoms with Crippen molar-refractivity contribution >= 4 is 5.91 Å². The minimum atomic E-state index is 0.141. The van der Waals surface area contributed by atoms with Gasteiger partial charge in [0.25, 0.3) is 0 Å². The molecule has 1 amide bonds. The molecule has 16 heavy (non-hydrogen) atoms. The van der Waals surface area contributed by atoms with Crippen molar-refractivity contribution < 1.29 is 4.79 Å². The minimum absolute atomic E-state index is 0.141. The van der Waals surface area contributed by atoms with Crippen LogP contribution in [0.15, 0.2) is 18.5 Å². The van der Waals surface area contributed by atoms with Gasteiger partial charge in [-0.05, 0) is 24.8 Å². The maximum Gasteiger partial charge on any atom is 0.221 e. The molecule has 1 aliphatic carbocycles. The first-order chi connectivity index (χ1) is 7.84. The Kier molecular flexibility index (Phi) is 3.97. The van der Waals surface area contributed by atoms with E-state index >= 15 is 0 Å². The predicted octanol–water partition coefficient (Wildman–Crippen LogP) is 1.58. The van der Waals surface area contributed by atoms with E-state index in [9.17, 15) is 4.79 Å². The van der Waals surface area contributed by atoms with Crippen LogP contribution in [0.25, 0.3) is 0 Å². The highest BCUT2D eigenvalue weighted by atomic mass is 16.1. The zero-order chi connectivity index (χ0) is 11.2. The lowest BCUT2D eigenvalue weighted by atomic mass is 10.1. The molecule has 1 aromatic heterocycles. The molecule has 1 N–H and O–H groups in total. The average Bonchev–Trinajstić information content (AvgIpc) is 2.96. The Morgan fingerprint density at radius 2 is 2.25 bits per heavy atom. The Hall–Kier alpha value is -1.32. The first-order valence-electron chi connectivity index (χ1n) is 6.09. The van der Waals surface area contributed by atoms with Crippen molar-refractivity contribution in [1.29, 1.82) is 0 Å². The lowest BCUT2D eigenvalue weighted by Crippen LogP contribution is -2.29. The summed E-state index contributed by atoms with van der Waals surface area (Å²) in [5.74, 6) is 0.857. The van der Waals surface area contributed by atoms with Crippen molar-refractivity contribution in [3.05, 3.63) is 18.5 Å². The zero-order valence-electron chi connectivity index (χ0n) is 9.56. The van der Waals surface area contributed by atoms with Crippen LogP contribution in [-0.4, -0.2) is 22.2 Å². The van der Waals surface area contributed by atoms with E-state index in [4.69, 9.17) is 0 Å². The first kappa shape index (κ1) is 11.2. The number of hydrogen-bond donors (Lipinski definition) is 1. The van der Waals surface area contributed by atoms with Crippen molar-refractivity contribution in [3.63, 3.8) is 0 Å². The summed E-state index contributed by atoms with van der Waals surface area (Å²) in [4.78, 5) is 11.5. The number of aromatic nitrogens is 2. The number of hydrogen-bond acceptors (Lipinski definition) is 2. The Bertz CT molecular complexity index is 315. The second-order valence-corrected chi connectivity index (χ2v) is 4.47. The number of rotatable bonds is 5. The van der Waals surface area contributed by atoms with Crippen LogP contribution in [0.3, 0.4) is 0 Å². The molecular formula is C12H19N3O. The first-order valence-corrected chi connectivity index (χ1v) is 6.09. The Labute approximate surface area is 96.0 Å². The van der Waals surface area contributed by atoms with E-state index < -0.39 is 0 Å². The molecule has 4 heteroatoms. The van der Waals surface area contributed by atoms with Gasteiger partial charge < -0.3 is 5.32 Å². The van der Waals surface area contributed by atoms with E-state index in [1.807, 2.05) is 12.3 Å². The average molecular weight is 221 g/mol. The predicted molar refractivity (Wildman–Crippen MR) is 61.8 cm³/mol. The number of carbonyl (C=O) groups is 1. The summed E-state index contributed by atoms with van der Waals surface area (Å²) in [5, 5.41) is 7.07. The van der Waals surface area contributed by atoms with E-state index in [0.29, 0.717) is 18.9 Å². The van der Waals surface area contributed by atoms with Crippen LogP contribution in [0.1, 0.15) is 32.1 Å². The number of aryl methyl sites for hydroxylation is 1. The monoisotopic (exact) mass is 221 g/mol. The molecule has 0 spiro atoms. The summed E-state index contributed by atoms with van der Waals surface area (Å²) in [6, 6.07) is 1.87. The van der Waals surface area contributed by atoms with Gasteiger partial charge in [0.05, 0.1) is 0 Å².